The molecule has 0 aliphatic rings. The summed E-state index contributed by atoms with van der Waals surface area (Å²) in [5.74, 6) is 1.75. The van der Waals surface area contributed by atoms with Gasteiger partial charge in [-0.1, -0.05) is 24.3 Å². The number of para-hydroxylation sites is 1. The van der Waals surface area contributed by atoms with E-state index in [0.717, 1.165) is 5.56 Å². The summed E-state index contributed by atoms with van der Waals surface area (Å²) in [7, 11) is 4.72. The van der Waals surface area contributed by atoms with Gasteiger partial charge in [-0.05, 0) is 55.3 Å². The number of carbonyl (C=O) groups excluding carboxylic acids is 2. The highest BCUT2D eigenvalue weighted by atomic mass is 16.5. The SMILES string of the molecule is COc1cccc(O[C@H](C)C(=O)Nc2ccccc2C(=O)NCCc2ccc(OC)c(OC)c2)c1. The van der Waals surface area contributed by atoms with Crippen LogP contribution in [0.4, 0.5) is 5.69 Å². The zero-order chi connectivity index (χ0) is 25.2. The summed E-state index contributed by atoms with van der Waals surface area (Å²) in [6.07, 6.45) is -0.185. The van der Waals surface area contributed by atoms with Crippen LogP contribution in [-0.2, 0) is 11.2 Å². The summed E-state index contributed by atoms with van der Waals surface area (Å²) in [5, 5.41) is 5.69. The van der Waals surface area contributed by atoms with Gasteiger partial charge >= 0.3 is 0 Å². The number of benzene rings is 3. The Balaban J connectivity index is 1.59. The molecule has 0 saturated heterocycles. The van der Waals surface area contributed by atoms with E-state index in [1.165, 1.54) is 0 Å². The van der Waals surface area contributed by atoms with Crippen LogP contribution in [0.2, 0.25) is 0 Å². The monoisotopic (exact) mass is 478 g/mol. The lowest BCUT2D eigenvalue weighted by atomic mass is 10.1. The first-order valence-corrected chi connectivity index (χ1v) is 11.1. The lowest BCUT2D eigenvalue weighted by molar-refractivity contribution is -0.122. The van der Waals surface area contributed by atoms with Crippen LogP contribution in [0.5, 0.6) is 23.0 Å². The van der Waals surface area contributed by atoms with E-state index in [-0.39, 0.29) is 11.8 Å². The van der Waals surface area contributed by atoms with E-state index < -0.39 is 6.10 Å². The van der Waals surface area contributed by atoms with Gasteiger partial charge in [0.2, 0.25) is 0 Å². The molecule has 0 radical (unpaired) electrons. The molecule has 8 heteroatoms. The van der Waals surface area contributed by atoms with Crippen molar-refractivity contribution in [2.45, 2.75) is 19.4 Å². The molecule has 3 rings (SSSR count). The van der Waals surface area contributed by atoms with Crippen LogP contribution in [0.25, 0.3) is 0 Å². The van der Waals surface area contributed by atoms with E-state index in [1.807, 2.05) is 18.2 Å². The molecule has 0 aromatic heterocycles. The average molecular weight is 479 g/mol. The maximum Gasteiger partial charge on any atom is 0.265 e. The van der Waals surface area contributed by atoms with Crippen molar-refractivity contribution in [3.8, 4) is 23.0 Å². The number of methoxy groups -OCH3 is 3. The first kappa shape index (κ1) is 25.4. The van der Waals surface area contributed by atoms with Crippen LogP contribution in [0.15, 0.2) is 66.7 Å². The van der Waals surface area contributed by atoms with Gasteiger partial charge in [0.05, 0.1) is 32.6 Å². The van der Waals surface area contributed by atoms with Crippen molar-refractivity contribution in [1.82, 2.24) is 5.32 Å². The van der Waals surface area contributed by atoms with E-state index >= 15 is 0 Å². The Hall–Kier alpha value is -4.20. The van der Waals surface area contributed by atoms with Gasteiger partial charge in [-0.3, -0.25) is 9.59 Å². The van der Waals surface area contributed by atoms with E-state index in [4.69, 9.17) is 18.9 Å². The molecule has 0 unspecified atom stereocenters. The largest absolute Gasteiger partial charge is 0.497 e. The minimum absolute atomic E-state index is 0.289. The lowest BCUT2D eigenvalue weighted by Gasteiger charge is -2.17. The lowest BCUT2D eigenvalue weighted by Crippen LogP contribution is -2.32. The second-order valence-electron chi connectivity index (χ2n) is 7.67. The van der Waals surface area contributed by atoms with Crippen LogP contribution in [0.3, 0.4) is 0 Å². The molecule has 2 N–H and O–H groups in total. The maximum absolute atomic E-state index is 12.8. The number of amides is 2. The van der Waals surface area contributed by atoms with Gasteiger partial charge in [-0.2, -0.15) is 0 Å². The topological polar surface area (TPSA) is 95.1 Å². The standard InChI is InChI=1S/C27H30N2O6/c1-18(35-21-9-7-8-20(17-21)32-2)26(30)29-23-11-6-5-10-22(23)27(31)28-15-14-19-12-13-24(33-3)25(16-19)34-4/h5-13,16-18H,14-15H2,1-4H3,(H,28,31)(H,29,30)/t18-/m1/s1. The number of hydrogen-bond donors (Lipinski definition) is 2. The van der Waals surface area contributed by atoms with Crippen LogP contribution in [0, 0.1) is 0 Å². The predicted molar refractivity (Wildman–Crippen MR) is 134 cm³/mol. The van der Waals surface area contributed by atoms with Crippen molar-refractivity contribution >= 4 is 17.5 Å². The molecule has 0 saturated carbocycles. The van der Waals surface area contributed by atoms with E-state index in [2.05, 4.69) is 10.6 Å². The van der Waals surface area contributed by atoms with Gasteiger partial charge in [0, 0.05) is 12.6 Å². The van der Waals surface area contributed by atoms with Crippen LogP contribution in [0.1, 0.15) is 22.8 Å². The average Bonchev–Trinajstić information content (AvgIpc) is 2.88. The van der Waals surface area contributed by atoms with Crippen molar-refractivity contribution < 1.29 is 28.5 Å². The minimum atomic E-state index is -0.789. The number of hydrogen-bond acceptors (Lipinski definition) is 6. The van der Waals surface area contributed by atoms with E-state index in [9.17, 15) is 9.59 Å². The normalized spacial score (nSPS) is 11.2. The summed E-state index contributed by atoms with van der Waals surface area (Å²) in [6.45, 7) is 2.05. The molecule has 0 bridgehead atoms. The Labute approximate surface area is 205 Å². The molecule has 2 amide bonds. The molecule has 184 valence electrons. The molecule has 0 aliphatic heterocycles. The Morgan fingerprint density at radius 1 is 0.829 bits per heavy atom. The van der Waals surface area contributed by atoms with Gasteiger partial charge in [0.25, 0.3) is 11.8 Å². The first-order valence-electron chi connectivity index (χ1n) is 11.1. The van der Waals surface area contributed by atoms with E-state index in [0.29, 0.717) is 47.2 Å². The second kappa shape index (κ2) is 12.3. The molecule has 0 spiro atoms. The van der Waals surface area contributed by atoms with Crippen LogP contribution in [-0.4, -0.2) is 45.8 Å². The smallest absolute Gasteiger partial charge is 0.265 e. The quantitative estimate of drug-likeness (QED) is 0.431. The van der Waals surface area contributed by atoms with Crippen molar-refractivity contribution in [2.75, 3.05) is 33.2 Å². The summed E-state index contributed by atoms with van der Waals surface area (Å²) in [6, 6.07) is 19.5. The fraction of sp³-hybridized carbons (Fsp3) is 0.259. The summed E-state index contributed by atoms with van der Waals surface area (Å²) < 4.78 is 21.5. The molecule has 3 aromatic rings. The van der Waals surface area contributed by atoms with Gasteiger partial charge in [0.1, 0.15) is 11.5 Å². The van der Waals surface area contributed by atoms with E-state index in [1.54, 1.807) is 76.8 Å². The molecule has 35 heavy (non-hydrogen) atoms. The number of ether oxygens (including phenoxy) is 4. The summed E-state index contributed by atoms with van der Waals surface area (Å²) in [4.78, 5) is 25.6. The van der Waals surface area contributed by atoms with Crippen molar-refractivity contribution in [3.05, 3.63) is 77.9 Å². The highest BCUT2D eigenvalue weighted by Gasteiger charge is 2.18. The second-order valence-corrected chi connectivity index (χ2v) is 7.67. The Kier molecular flexibility index (Phi) is 8.95. The zero-order valence-corrected chi connectivity index (χ0v) is 20.3. The summed E-state index contributed by atoms with van der Waals surface area (Å²) in [5.41, 5.74) is 1.76. The fourth-order valence-corrected chi connectivity index (χ4v) is 3.41. The minimum Gasteiger partial charge on any atom is -0.497 e. The van der Waals surface area contributed by atoms with Gasteiger partial charge in [-0.15, -0.1) is 0 Å². The molecular formula is C27H30N2O6. The molecule has 1 atom stereocenters. The number of rotatable bonds is 11. The van der Waals surface area contributed by atoms with Crippen molar-refractivity contribution in [2.24, 2.45) is 0 Å². The van der Waals surface area contributed by atoms with Crippen LogP contribution < -0.4 is 29.6 Å². The molecule has 0 fully saturated rings. The highest BCUT2D eigenvalue weighted by Crippen LogP contribution is 2.27. The number of nitrogens with one attached hydrogen (secondary N) is 2. The first-order chi connectivity index (χ1) is 16.9. The maximum atomic E-state index is 12.8. The van der Waals surface area contributed by atoms with Crippen molar-refractivity contribution in [3.63, 3.8) is 0 Å². The fourth-order valence-electron chi connectivity index (χ4n) is 3.41. The van der Waals surface area contributed by atoms with Gasteiger partial charge in [-0.25, -0.2) is 0 Å². The molecule has 3 aromatic carbocycles. The number of carbonyl (C=O) groups is 2. The Morgan fingerprint density at radius 2 is 1.57 bits per heavy atom. The third kappa shape index (κ3) is 6.89. The molecule has 8 nitrogen and oxygen atoms in total. The highest BCUT2D eigenvalue weighted by molar-refractivity contribution is 6.04. The Bertz CT molecular complexity index is 1160. The van der Waals surface area contributed by atoms with Crippen LogP contribution >= 0.6 is 0 Å². The van der Waals surface area contributed by atoms with Gasteiger partial charge < -0.3 is 29.6 Å². The number of anilines is 1. The summed E-state index contributed by atoms with van der Waals surface area (Å²) >= 11 is 0. The molecular weight excluding hydrogens is 448 g/mol. The Morgan fingerprint density at radius 3 is 2.31 bits per heavy atom. The zero-order valence-electron chi connectivity index (χ0n) is 20.3. The third-order valence-electron chi connectivity index (χ3n) is 5.30. The van der Waals surface area contributed by atoms with Crippen molar-refractivity contribution in [1.29, 1.82) is 0 Å². The predicted octanol–water partition coefficient (Wildman–Crippen LogP) is 4.09. The third-order valence-corrected chi connectivity index (χ3v) is 5.30. The van der Waals surface area contributed by atoms with Gasteiger partial charge in [0.15, 0.2) is 17.6 Å². The molecule has 0 aliphatic carbocycles. The molecule has 0 heterocycles.